The molecule has 106 valence electrons. The quantitative estimate of drug-likeness (QED) is 0.859. The van der Waals surface area contributed by atoms with E-state index >= 15 is 0 Å². The van der Waals surface area contributed by atoms with Gasteiger partial charge in [-0.05, 0) is 25.6 Å². The van der Waals surface area contributed by atoms with Crippen LogP contribution in [0.2, 0.25) is 0 Å². The predicted molar refractivity (Wildman–Crippen MR) is 64.5 cm³/mol. The number of hydrogen-bond donors (Lipinski definition) is 1. The van der Waals surface area contributed by atoms with Crippen LogP contribution in [0.15, 0.2) is 24.3 Å². The van der Waals surface area contributed by atoms with Crippen LogP contribution in [0.5, 0.6) is 0 Å². The Hall–Kier alpha value is -1.56. The van der Waals surface area contributed by atoms with E-state index in [1.807, 2.05) is 0 Å². The molecule has 1 unspecified atom stereocenters. The molecule has 0 radical (unpaired) electrons. The zero-order valence-electron chi connectivity index (χ0n) is 11.0. The topological polar surface area (TPSA) is 38.3 Å². The van der Waals surface area contributed by atoms with Gasteiger partial charge in [0.15, 0.2) is 0 Å². The van der Waals surface area contributed by atoms with E-state index < -0.39 is 23.2 Å². The predicted octanol–water partition coefficient (Wildman–Crippen LogP) is 2.70. The van der Waals surface area contributed by atoms with Crippen molar-refractivity contribution in [2.45, 2.75) is 25.1 Å². The first-order chi connectivity index (χ1) is 8.74. The minimum Gasteiger partial charge on any atom is -0.469 e. The second kappa shape index (κ2) is 5.61. The Labute approximate surface area is 109 Å². The van der Waals surface area contributed by atoms with Gasteiger partial charge >= 0.3 is 12.1 Å². The molecule has 1 atom stereocenters. The van der Waals surface area contributed by atoms with Crippen molar-refractivity contribution in [2.75, 3.05) is 14.2 Å². The first-order valence-corrected chi connectivity index (χ1v) is 5.67. The van der Waals surface area contributed by atoms with Crippen molar-refractivity contribution in [3.63, 3.8) is 0 Å². The highest BCUT2D eigenvalue weighted by Gasteiger charge is 2.39. The average molecular weight is 275 g/mol. The fraction of sp³-hybridized carbons (Fsp3) is 0.462. The van der Waals surface area contributed by atoms with Crippen LogP contribution in [-0.2, 0) is 21.2 Å². The lowest BCUT2D eigenvalue weighted by Gasteiger charge is -2.31. The van der Waals surface area contributed by atoms with Crippen molar-refractivity contribution in [3.8, 4) is 0 Å². The second-order valence-corrected chi connectivity index (χ2v) is 4.38. The number of ether oxygens (including phenoxy) is 1. The van der Waals surface area contributed by atoms with Gasteiger partial charge in [-0.3, -0.25) is 4.79 Å². The van der Waals surface area contributed by atoms with Crippen LogP contribution in [0.4, 0.5) is 13.2 Å². The fourth-order valence-electron chi connectivity index (χ4n) is 1.89. The minimum atomic E-state index is -4.47. The molecule has 0 saturated heterocycles. The van der Waals surface area contributed by atoms with E-state index in [-0.39, 0.29) is 12.0 Å². The Morgan fingerprint density at radius 2 is 1.79 bits per heavy atom. The molecule has 6 heteroatoms. The third-order valence-corrected chi connectivity index (χ3v) is 3.10. The Morgan fingerprint density at radius 1 is 1.26 bits per heavy atom. The maximum absolute atomic E-state index is 13.0. The van der Waals surface area contributed by atoms with Crippen LogP contribution in [0, 0.1) is 0 Å². The van der Waals surface area contributed by atoms with Crippen LogP contribution < -0.4 is 5.32 Å². The van der Waals surface area contributed by atoms with E-state index in [0.717, 1.165) is 6.07 Å². The number of carbonyl (C=O) groups excluding carboxylic acids is 1. The largest absolute Gasteiger partial charge is 0.469 e. The summed E-state index contributed by atoms with van der Waals surface area (Å²) in [5.41, 5.74) is -1.87. The van der Waals surface area contributed by atoms with Crippen molar-refractivity contribution in [3.05, 3.63) is 35.4 Å². The van der Waals surface area contributed by atoms with E-state index in [0.29, 0.717) is 0 Å². The van der Waals surface area contributed by atoms with Crippen LogP contribution in [-0.4, -0.2) is 20.1 Å². The average Bonchev–Trinajstić information content (AvgIpc) is 2.37. The first kappa shape index (κ1) is 15.5. The summed E-state index contributed by atoms with van der Waals surface area (Å²) < 4.78 is 43.5. The van der Waals surface area contributed by atoms with E-state index in [2.05, 4.69) is 10.1 Å². The molecule has 19 heavy (non-hydrogen) atoms. The van der Waals surface area contributed by atoms with Gasteiger partial charge in [0.2, 0.25) is 0 Å². The van der Waals surface area contributed by atoms with Crippen molar-refractivity contribution >= 4 is 5.97 Å². The molecule has 0 bridgehead atoms. The Balaban J connectivity index is 3.29. The zero-order chi connectivity index (χ0) is 14.7. The number of halogens is 3. The lowest BCUT2D eigenvalue weighted by Crippen LogP contribution is -2.40. The van der Waals surface area contributed by atoms with Gasteiger partial charge in [-0.2, -0.15) is 13.2 Å². The fourth-order valence-corrected chi connectivity index (χ4v) is 1.89. The summed E-state index contributed by atoms with van der Waals surface area (Å²) in [4.78, 5) is 11.4. The highest BCUT2D eigenvalue weighted by atomic mass is 19.4. The summed E-state index contributed by atoms with van der Waals surface area (Å²) in [6.45, 7) is 1.54. The molecule has 0 aliphatic heterocycles. The van der Waals surface area contributed by atoms with Crippen molar-refractivity contribution in [1.29, 1.82) is 0 Å². The Morgan fingerprint density at radius 3 is 2.21 bits per heavy atom. The van der Waals surface area contributed by atoms with Gasteiger partial charge in [0.1, 0.15) is 0 Å². The molecular formula is C13H16F3NO2. The Kier molecular flexibility index (Phi) is 4.57. The molecule has 0 heterocycles. The molecule has 1 aromatic rings. The van der Waals surface area contributed by atoms with Gasteiger partial charge in [0.05, 0.1) is 24.6 Å². The number of benzene rings is 1. The third kappa shape index (κ3) is 3.47. The van der Waals surface area contributed by atoms with Crippen molar-refractivity contribution < 1.29 is 22.7 Å². The molecule has 0 aromatic heterocycles. The highest BCUT2D eigenvalue weighted by molar-refractivity contribution is 5.71. The molecule has 0 saturated carbocycles. The molecule has 1 N–H and O–H groups in total. The van der Waals surface area contributed by atoms with Crippen LogP contribution >= 0.6 is 0 Å². The summed E-state index contributed by atoms with van der Waals surface area (Å²) in [5, 5.41) is 2.77. The lowest BCUT2D eigenvalue weighted by molar-refractivity contribution is -0.144. The number of nitrogens with one attached hydrogen (secondary N) is 1. The molecular weight excluding hydrogens is 259 g/mol. The molecule has 1 aromatic carbocycles. The summed E-state index contributed by atoms with van der Waals surface area (Å²) in [6.07, 6.45) is -4.65. The Bertz CT molecular complexity index is 459. The van der Waals surface area contributed by atoms with Gasteiger partial charge in [-0.15, -0.1) is 0 Å². The lowest BCUT2D eigenvalue weighted by atomic mass is 9.85. The van der Waals surface area contributed by atoms with Gasteiger partial charge in [-0.25, -0.2) is 0 Å². The van der Waals surface area contributed by atoms with Gasteiger partial charge in [0, 0.05) is 0 Å². The SMILES string of the molecule is CNC(C)(CC(=O)OC)c1ccccc1C(F)(F)F. The zero-order valence-corrected chi connectivity index (χ0v) is 11.0. The number of alkyl halides is 3. The minimum absolute atomic E-state index is 0.0235. The summed E-state index contributed by atoms with van der Waals surface area (Å²) in [5.74, 6) is -0.575. The smallest absolute Gasteiger partial charge is 0.416 e. The molecule has 1 rings (SSSR count). The van der Waals surface area contributed by atoms with E-state index in [4.69, 9.17) is 0 Å². The summed E-state index contributed by atoms with van der Waals surface area (Å²) >= 11 is 0. The standard InChI is InChI=1S/C13H16F3NO2/c1-12(17-2,8-11(18)19-3)9-6-4-5-7-10(9)13(14,15)16/h4-7,17H,8H2,1-3H3. The maximum atomic E-state index is 13.0. The maximum Gasteiger partial charge on any atom is 0.416 e. The molecule has 0 spiro atoms. The molecule has 3 nitrogen and oxygen atoms in total. The second-order valence-electron chi connectivity index (χ2n) is 4.38. The van der Waals surface area contributed by atoms with Gasteiger partial charge in [-0.1, -0.05) is 18.2 Å². The number of rotatable bonds is 4. The van der Waals surface area contributed by atoms with Crippen molar-refractivity contribution in [2.24, 2.45) is 0 Å². The molecule has 0 fully saturated rings. The van der Waals surface area contributed by atoms with Gasteiger partial charge < -0.3 is 10.1 Å². The van der Waals surface area contributed by atoms with Crippen LogP contribution in [0.3, 0.4) is 0 Å². The van der Waals surface area contributed by atoms with Gasteiger partial charge in [0.25, 0.3) is 0 Å². The number of hydrogen-bond acceptors (Lipinski definition) is 3. The highest BCUT2D eigenvalue weighted by Crippen LogP contribution is 2.37. The molecule has 0 aliphatic carbocycles. The number of esters is 1. The van der Waals surface area contributed by atoms with Crippen LogP contribution in [0.25, 0.3) is 0 Å². The van der Waals surface area contributed by atoms with E-state index in [9.17, 15) is 18.0 Å². The van der Waals surface area contributed by atoms with E-state index in [1.54, 1.807) is 0 Å². The summed E-state index contributed by atoms with van der Waals surface area (Å²) in [7, 11) is 2.71. The van der Waals surface area contributed by atoms with E-state index in [1.165, 1.54) is 39.3 Å². The normalized spacial score (nSPS) is 14.8. The third-order valence-electron chi connectivity index (χ3n) is 3.10. The number of carbonyl (C=O) groups is 1. The first-order valence-electron chi connectivity index (χ1n) is 5.67. The summed E-state index contributed by atoms with van der Waals surface area (Å²) in [6, 6.07) is 5.20. The monoisotopic (exact) mass is 275 g/mol. The number of methoxy groups -OCH3 is 1. The van der Waals surface area contributed by atoms with Crippen molar-refractivity contribution in [1.82, 2.24) is 5.32 Å². The van der Waals surface area contributed by atoms with Crippen LogP contribution in [0.1, 0.15) is 24.5 Å². The molecule has 0 aliphatic rings. The molecule has 0 amide bonds.